The molecule has 0 bridgehead atoms. The van der Waals surface area contributed by atoms with E-state index in [0.29, 0.717) is 23.7 Å². The highest BCUT2D eigenvalue weighted by Crippen LogP contribution is 2.13. The molecule has 2 rings (SSSR count). The Balaban J connectivity index is 1.78. The molecule has 1 amide bonds. The molecule has 0 aromatic heterocycles. The Labute approximate surface area is 137 Å². The Kier molecular flexibility index (Phi) is 6.03. The van der Waals surface area contributed by atoms with Gasteiger partial charge in [-0.3, -0.25) is 4.79 Å². The van der Waals surface area contributed by atoms with Gasteiger partial charge < -0.3 is 15.8 Å². The van der Waals surface area contributed by atoms with Gasteiger partial charge in [0, 0.05) is 17.8 Å². The largest absolute Gasteiger partial charge is 0.493 e. The van der Waals surface area contributed by atoms with Crippen molar-refractivity contribution < 1.29 is 9.53 Å². The highest BCUT2D eigenvalue weighted by Gasteiger charge is 2.05. The number of anilines is 1. The van der Waals surface area contributed by atoms with Crippen molar-refractivity contribution in [3.05, 3.63) is 59.7 Å². The third-order valence-electron chi connectivity index (χ3n) is 3.35. The van der Waals surface area contributed by atoms with Crippen molar-refractivity contribution in [2.75, 3.05) is 18.9 Å². The first-order valence-corrected chi connectivity index (χ1v) is 7.90. The summed E-state index contributed by atoms with van der Waals surface area (Å²) in [6, 6.07) is 15.0. The standard InChI is InChI=1S/C19H24N2O2/c1-14(2)13-23-18-8-6-15(7-9-18)10-11-21-19(22)16-4-3-5-17(20)12-16/h3-9,12,14H,10-11,13,20H2,1-2H3,(H,21,22). The number of nitrogens with two attached hydrogens (primary N) is 1. The summed E-state index contributed by atoms with van der Waals surface area (Å²) < 4.78 is 5.65. The topological polar surface area (TPSA) is 64.3 Å². The first kappa shape index (κ1) is 16.9. The van der Waals surface area contributed by atoms with E-state index in [0.717, 1.165) is 24.3 Å². The Bertz CT molecular complexity index is 636. The van der Waals surface area contributed by atoms with Gasteiger partial charge in [-0.05, 0) is 48.2 Å². The maximum absolute atomic E-state index is 12.0. The molecular formula is C19H24N2O2. The van der Waals surface area contributed by atoms with Gasteiger partial charge in [0.15, 0.2) is 0 Å². The van der Waals surface area contributed by atoms with E-state index in [1.165, 1.54) is 0 Å². The second-order valence-corrected chi connectivity index (χ2v) is 5.98. The van der Waals surface area contributed by atoms with Crippen LogP contribution >= 0.6 is 0 Å². The van der Waals surface area contributed by atoms with Crippen molar-refractivity contribution in [3.8, 4) is 5.75 Å². The fourth-order valence-electron chi connectivity index (χ4n) is 2.12. The summed E-state index contributed by atoms with van der Waals surface area (Å²) in [4.78, 5) is 12.0. The Morgan fingerprint density at radius 1 is 1.17 bits per heavy atom. The normalized spacial score (nSPS) is 10.6. The maximum Gasteiger partial charge on any atom is 0.251 e. The number of nitrogen functional groups attached to an aromatic ring is 1. The summed E-state index contributed by atoms with van der Waals surface area (Å²) in [6.45, 7) is 5.55. The highest BCUT2D eigenvalue weighted by molar-refractivity contribution is 5.94. The molecule has 3 N–H and O–H groups in total. The minimum Gasteiger partial charge on any atom is -0.493 e. The van der Waals surface area contributed by atoms with Crippen molar-refractivity contribution >= 4 is 11.6 Å². The smallest absolute Gasteiger partial charge is 0.251 e. The predicted molar refractivity (Wildman–Crippen MR) is 93.7 cm³/mol. The molecule has 23 heavy (non-hydrogen) atoms. The van der Waals surface area contributed by atoms with Gasteiger partial charge in [-0.15, -0.1) is 0 Å². The fraction of sp³-hybridized carbons (Fsp3) is 0.316. The van der Waals surface area contributed by atoms with Gasteiger partial charge in [-0.1, -0.05) is 32.0 Å². The lowest BCUT2D eigenvalue weighted by Crippen LogP contribution is -2.25. The van der Waals surface area contributed by atoms with E-state index >= 15 is 0 Å². The Morgan fingerprint density at radius 3 is 2.57 bits per heavy atom. The summed E-state index contributed by atoms with van der Waals surface area (Å²) in [5, 5.41) is 2.90. The molecule has 0 saturated heterocycles. The third-order valence-corrected chi connectivity index (χ3v) is 3.35. The summed E-state index contributed by atoms with van der Waals surface area (Å²) in [7, 11) is 0. The number of carbonyl (C=O) groups is 1. The van der Waals surface area contributed by atoms with Crippen LogP contribution in [0.3, 0.4) is 0 Å². The second-order valence-electron chi connectivity index (χ2n) is 5.98. The SMILES string of the molecule is CC(C)COc1ccc(CCNC(=O)c2cccc(N)c2)cc1. The molecule has 2 aromatic rings. The zero-order valence-corrected chi connectivity index (χ0v) is 13.7. The molecule has 0 aliphatic carbocycles. The predicted octanol–water partition coefficient (Wildman–Crippen LogP) is 3.28. The molecule has 4 nitrogen and oxygen atoms in total. The molecule has 4 heteroatoms. The summed E-state index contributed by atoms with van der Waals surface area (Å²) in [5.41, 5.74) is 8.02. The van der Waals surface area contributed by atoms with E-state index < -0.39 is 0 Å². The molecule has 0 saturated carbocycles. The summed E-state index contributed by atoms with van der Waals surface area (Å²) >= 11 is 0. The molecule has 122 valence electrons. The maximum atomic E-state index is 12.0. The molecule has 0 aliphatic rings. The minimum atomic E-state index is -0.103. The fourth-order valence-corrected chi connectivity index (χ4v) is 2.12. The quantitative estimate of drug-likeness (QED) is 0.771. The molecule has 0 unspecified atom stereocenters. The lowest BCUT2D eigenvalue weighted by Gasteiger charge is -2.09. The van der Waals surface area contributed by atoms with Crippen molar-refractivity contribution in [3.63, 3.8) is 0 Å². The molecule has 0 heterocycles. The van der Waals surface area contributed by atoms with Gasteiger partial charge in [-0.25, -0.2) is 0 Å². The first-order valence-electron chi connectivity index (χ1n) is 7.90. The van der Waals surface area contributed by atoms with Crippen LogP contribution in [0.5, 0.6) is 5.75 Å². The van der Waals surface area contributed by atoms with Gasteiger partial charge in [0.25, 0.3) is 5.91 Å². The van der Waals surface area contributed by atoms with Crippen LogP contribution in [0, 0.1) is 5.92 Å². The van der Waals surface area contributed by atoms with Crippen LogP contribution in [0.1, 0.15) is 29.8 Å². The lowest BCUT2D eigenvalue weighted by molar-refractivity contribution is 0.0954. The van der Waals surface area contributed by atoms with Crippen LogP contribution in [0.2, 0.25) is 0 Å². The van der Waals surface area contributed by atoms with E-state index in [1.807, 2.05) is 24.3 Å². The molecule has 0 spiro atoms. The van der Waals surface area contributed by atoms with Gasteiger partial charge in [0.2, 0.25) is 0 Å². The zero-order valence-electron chi connectivity index (χ0n) is 13.7. The number of benzene rings is 2. The number of rotatable bonds is 7. The van der Waals surface area contributed by atoms with E-state index in [9.17, 15) is 4.79 Å². The minimum absolute atomic E-state index is 0.103. The number of hydrogen-bond acceptors (Lipinski definition) is 3. The first-order chi connectivity index (χ1) is 11.0. The molecule has 2 aromatic carbocycles. The van der Waals surface area contributed by atoms with Gasteiger partial charge in [0.05, 0.1) is 6.61 Å². The molecule has 0 atom stereocenters. The monoisotopic (exact) mass is 312 g/mol. The van der Waals surface area contributed by atoms with Crippen molar-refractivity contribution in [1.29, 1.82) is 0 Å². The average molecular weight is 312 g/mol. The van der Waals surface area contributed by atoms with E-state index in [2.05, 4.69) is 19.2 Å². The molecule has 0 radical (unpaired) electrons. The molecular weight excluding hydrogens is 288 g/mol. The number of carbonyl (C=O) groups excluding carboxylic acids is 1. The van der Waals surface area contributed by atoms with Crippen LogP contribution in [0.15, 0.2) is 48.5 Å². The number of hydrogen-bond donors (Lipinski definition) is 2. The van der Waals surface area contributed by atoms with E-state index in [4.69, 9.17) is 10.5 Å². The molecule has 0 aliphatic heterocycles. The van der Waals surface area contributed by atoms with Crippen LogP contribution in [0.25, 0.3) is 0 Å². The summed E-state index contributed by atoms with van der Waals surface area (Å²) in [6.07, 6.45) is 0.776. The van der Waals surface area contributed by atoms with Crippen molar-refractivity contribution in [1.82, 2.24) is 5.32 Å². The Hall–Kier alpha value is -2.49. The van der Waals surface area contributed by atoms with Crippen LogP contribution in [0.4, 0.5) is 5.69 Å². The lowest BCUT2D eigenvalue weighted by atomic mass is 10.1. The van der Waals surface area contributed by atoms with Crippen LogP contribution < -0.4 is 15.8 Å². The van der Waals surface area contributed by atoms with Gasteiger partial charge in [-0.2, -0.15) is 0 Å². The zero-order chi connectivity index (χ0) is 16.7. The van der Waals surface area contributed by atoms with Gasteiger partial charge in [0.1, 0.15) is 5.75 Å². The average Bonchev–Trinajstić information content (AvgIpc) is 2.54. The molecule has 0 fully saturated rings. The van der Waals surface area contributed by atoms with Gasteiger partial charge >= 0.3 is 0 Å². The number of ether oxygens (including phenoxy) is 1. The van der Waals surface area contributed by atoms with Crippen LogP contribution in [-0.4, -0.2) is 19.1 Å². The van der Waals surface area contributed by atoms with Crippen LogP contribution in [-0.2, 0) is 6.42 Å². The third kappa shape index (κ3) is 5.66. The second kappa shape index (κ2) is 8.22. The summed E-state index contributed by atoms with van der Waals surface area (Å²) in [5.74, 6) is 1.29. The Morgan fingerprint density at radius 2 is 1.91 bits per heavy atom. The van der Waals surface area contributed by atoms with Crippen molar-refractivity contribution in [2.24, 2.45) is 5.92 Å². The van der Waals surface area contributed by atoms with E-state index in [1.54, 1.807) is 24.3 Å². The number of amides is 1. The van der Waals surface area contributed by atoms with Crippen molar-refractivity contribution in [2.45, 2.75) is 20.3 Å². The highest BCUT2D eigenvalue weighted by atomic mass is 16.5. The van der Waals surface area contributed by atoms with E-state index in [-0.39, 0.29) is 5.91 Å². The number of nitrogens with one attached hydrogen (secondary N) is 1.